The van der Waals surface area contributed by atoms with Gasteiger partial charge in [-0.05, 0) is 19.4 Å². The van der Waals surface area contributed by atoms with Gasteiger partial charge in [0, 0.05) is 35.9 Å². The number of hydrogen-bond donors (Lipinski definition) is 1. The molecule has 1 aliphatic heterocycles. The molecular weight excluding hydrogens is 292 g/mol. The lowest BCUT2D eigenvalue weighted by molar-refractivity contribution is 0.428. The van der Waals surface area contributed by atoms with Crippen molar-refractivity contribution in [2.45, 2.75) is 44.7 Å². The van der Waals surface area contributed by atoms with Crippen LogP contribution in [0.4, 0.5) is 0 Å². The summed E-state index contributed by atoms with van der Waals surface area (Å²) in [5, 5.41) is 5.06. The number of thiophene rings is 1. The third-order valence-corrected chi connectivity index (χ3v) is 6.16. The first kappa shape index (κ1) is 15.7. The fraction of sp³-hybridized carbons (Fsp3) is 0.571. The predicted octanol–water partition coefficient (Wildman–Crippen LogP) is 2.59. The predicted molar refractivity (Wildman–Crippen MR) is 83.4 cm³/mol. The zero-order valence-electron chi connectivity index (χ0n) is 12.2. The zero-order valence-corrected chi connectivity index (χ0v) is 13.9. The lowest BCUT2D eigenvalue weighted by atomic mass is 10.2. The van der Waals surface area contributed by atoms with Gasteiger partial charge in [0.15, 0.2) is 0 Å². The van der Waals surface area contributed by atoms with Gasteiger partial charge in [0.1, 0.15) is 0 Å². The average Bonchev–Trinajstić information content (AvgIpc) is 2.86. The molecular formula is C14H22N2O2S2. The molecule has 2 rings (SSSR count). The highest BCUT2D eigenvalue weighted by Gasteiger charge is 2.26. The first-order chi connectivity index (χ1) is 9.39. The van der Waals surface area contributed by atoms with Gasteiger partial charge in [-0.25, -0.2) is 8.42 Å². The van der Waals surface area contributed by atoms with Crippen LogP contribution in [0, 0.1) is 0 Å². The third-order valence-electron chi connectivity index (χ3n) is 3.25. The van der Waals surface area contributed by atoms with Gasteiger partial charge in [0.05, 0.1) is 4.90 Å². The molecule has 4 nitrogen and oxygen atoms in total. The van der Waals surface area contributed by atoms with Gasteiger partial charge in [-0.1, -0.05) is 25.5 Å². The van der Waals surface area contributed by atoms with Crippen molar-refractivity contribution < 1.29 is 8.42 Å². The van der Waals surface area contributed by atoms with Gasteiger partial charge in [0.25, 0.3) is 0 Å². The maximum atomic E-state index is 12.6. The maximum absolute atomic E-state index is 12.6. The highest BCUT2D eigenvalue weighted by atomic mass is 32.2. The summed E-state index contributed by atoms with van der Waals surface area (Å²) in [5.74, 6) is 0. The van der Waals surface area contributed by atoms with Crippen molar-refractivity contribution in [3.63, 3.8) is 0 Å². The molecule has 1 N–H and O–H groups in total. The van der Waals surface area contributed by atoms with Crippen LogP contribution in [0.25, 0.3) is 0 Å². The second kappa shape index (κ2) is 6.39. The Balaban J connectivity index is 2.12. The number of sulfonamides is 1. The number of hydrogen-bond acceptors (Lipinski definition) is 4. The number of rotatable bonds is 5. The highest BCUT2D eigenvalue weighted by molar-refractivity contribution is 7.89. The minimum atomic E-state index is -3.34. The minimum Gasteiger partial charge on any atom is -0.310 e. The monoisotopic (exact) mass is 314 g/mol. The van der Waals surface area contributed by atoms with Gasteiger partial charge in [0.2, 0.25) is 10.0 Å². The van der Waals surface area contributed by atoms with E-state index in [1.165, 1.54) is 11.3 Å². The second-order valence-corrected chi connectivity index (χ2v) is 8.40. The van der Waals surface area contributed by atoms with Gasteiger partial charge in [-0.2, -0.15) is 4.31 Å². The van der Waals surface area contributed by atoms with E-state index in [1.54, 1.807) is 15.8 Å². The molecule has 0 atom stereocenters. The Morgan fingerprint density at radius 2 is 2.20 bits per heavy atom. The van der Waals surface area contributed by atoms with Crippen molar-refractivity contribution in [2.75, 3.05) is 13.1 Å². The fourth-order valence-electron chi connectivity index (χ4n) is 2.12. The summed E-state index contributed by atoms with van der Waals surface area (Å²) in [7, 11) is -3.34. The van der Waals surface area contributed by atoms with Crippen molar-refractivity contribution >= 4 is 21.4 Å². The van der Waals surface area contributed by atoms with E-state index in [1.807, 2.05) is 6.92 Å². The molecule has 1 aliphatic rings. The zero-order chi connectivity index (χ0) is 14.8. The van der Waals surface area contributed by atoms with Crippen molar-refractivity contribution in [2.24, 2.45) is 0 Å². The smallest absolute Gasteiger partial charge is 0.244 e. The van der Waals surface area contributed by atoms with Crippen LogP contribution in [0.15, 0.2) is 28.0 Å². The van der Waals surface area contributed by atoms with Gasteiger partial charge in [-0.3, -0.25) is 0 Å². The molecule has 0 aliphatic carbocycles. The van der Waals surface area contributed by atoms with Crippen LogP contribution in [0.5, 0.6) is 0 Å². The van der Waals surface area contributed by atoms with Crippen LogP contribution in [-0.4, -0.2) is 31.9 Å². The summed E-state index contributed by atoms with van der Waals surface area (Å²) in [6, 6.07) is 2.19. The Bertz CT molecular complexity index is 588. The van der Waals surface area contributed by atoms with E-state index >= 15 is 0 Å². The molecule has 0 radical (unpaired) electrons. The largest absolute Gasteiger partial charge is 0.310 e. The van der Waals surface area contributed by atoms with Gasteiger partial charge in [-0.15, -0.1) is 11.3 Å². The van der Waals surface area contributed by atoms with E-state index in [0.29, 0.717) is 24.0 Å². The van der Waals surface area contributed by atoms with E-state index in [4.69, 9.17) is 0 Å². The van der Waals surface area contributed by atoms with E-state index in [2.05, 4.69) is 25.2 Å². The molecule has 112 valence electrons. The summed E-state index contributed by atoms with van der Waals surface area (Å²) in [6.45, 7) is 7.94. The summed E-state index contributed by atoms with van der Waals surface area (Å²) in [5.41, 5.74) is 1.12. The molecule has 0 aromatic carbocycles. The van der Waals surface area contributed by atoms with Crippen molar-refractivity contribution in [1.82, 2.24) is 9.62 Å². The van der Waals surface area contributed by atoms with Crippen LogP contribution in [0.3, 0.4) is 0 Å². The Labute approximate surface area is 125 Å². The Kier molecular flexibility index (Phi) is 5.01. The summed E-state index contributed by atoms with van der Waals surface area (Å²) in [6.07, 6.45) is 2.91. The second-order valence-electron chi connectivity index (χ2n) is 5.46. The lowest BCUT2D eigenvalue weighted by Gasteiger charge is -2.24. The SMILES string of the molecule is CC1=CCCN(S(=O)(=O)c2csc(CNC(C)C)c2)C1. The molecule has 1 aromatic rings. The molecule has 0 unspecified atom stereocenters. The normalized spacial score (nSPS) is 17.5. The van der Waals surface area contributed by atoms with Crippen LogP contribution in [-0.2, 0) is 16.6 Å². The first-order valence-corrected chi connectivity index (χ1v) is 9.18. The number of nitrogens with one attached hydrogen (secondary N) is 1. The van der Waals surface area contributed by atoms with Crippen molar-refractivity contribution in [3.05, 3.63) is 28.0 Å². The summed E-state index contributed by atoms with van der Waals surface area (Å²) < 4.78 is 26.7. The van der Waals surface area contributed by atoms with Gasteiger partial charge < -0.3 is 5.32 Å². The third kappa shape index (κ3) is 3.69. The maximum Gasteiger partial charge on any atom is 0.244 e. The van der Waals surface area contributed by atoms with Gasteiger partial charge >= 0.3 is 0 Å². The Morgan fingerprint density at radius 3 is 2.85 bits per heavy atom. The molecule has 0 fully saturated rings. The summed E-state index contributed by atoms with van der Waals surface area (Å²) >= 11 is 1.50. The molecule has 1 aromatic heterocycles. The molecule has 0 spiro atoms. The van der Waals surface area contributed by atoms with E-state index in [-0.39, 0.29) is 0 Å². The molecule has 2 heterocycles. The molecule has 0 saturated carbocycles. The van der Waals surface area contributed by atoms with Crippen LogP contribution >= 0.6 is 11.3 Å². The lowest BCUT2D eigenvalue weighted by Crippen LogP contribution is -2.35. The molecule has 6 heteroatoms. The topological polar surface area (TPSA) is 49.4 Å². The van der Waals surface area contributed by atoms with E-state index < -0.39 is 10.0 Å². The van der Waals surface area contributed by atoms with Crippen LogP contribution in [0.2, 0.25) is 0 Å². The van der Waals surface area contributed by atoms with Crippen molar-refractivity contribution in [1.29, 1.82) is 0 Å². The number of nitrogens with zero attached hydrogens (tertiary/aromatic N) is 1. The van der Waals surface area contributed by atoms with Crippen LogP contribution in [0.1, 0.15) is 32.1 Å². The minimum absolute atomic E-state index is 0.395. The van der Waals surface area contributed by atoms with Crippen LogP contribution < -0.4 is 5.32 Å². The standard InChI is InChI=1S/C14H22N2O2S2/c1-11(2)15-8-13-7-14(10-19-13)20(17,18)16-6-4-5-12(3)9-16/h5,7,10-11,15H,4,6,8-9H2,1-3H3. The molecule has 20 heavy (non-hydrogen) atoms. The summed E-state index contributed by atoms with van der Waals surface area (Å²) in [4.78, 5) is 1.49. The van der Waals surface area contributed by atoms with E-state index in [0.717, 1.165) is 23.4 Å². The Hall–Kier alpha value is -0.690. The highest BCUT2D eigenvalue weighted by Crippen LogP contribution is 2.25. The van der Waals surface area contributed by atoms with E-state index in [9.17, 15) is 8.42 Å². The van der Waals surface area contributed by atoms with Crippen molar-refractivity contribution in [3.8, 4) is 0 Å². The molecule has 0 saturated heterocycles. The fourth-order valence-corrected chi connectivity index (χ4v) is 4.84. The quantitative estimate of drug-likeness (QED) is 0.850. The molecule has 0 amide bonds. The average molecular weight is 314 g/mol. The first-order valence-electron chi connectivity index (χ1n) is 6.86. The Morgan fingerprint density at radius 1 is 1.45 bits per heavy atom. The molecule has 0 bridgehead atoms.